The van der Waals surface area contributed by atoms with Crippen LogP contribution >= 0.6 is 0 Å². The molecule has 0 aliphatic rings. The summed E-state index contributed by atoms with van der Waals surface area (Å²) in [7, 11) is 0. The van der Waals surface area contributed by atoms with Crippen molar-refractivity contribution in [2.24, 2.45) is 0 Å². The largest absolute Gasteiger partial charge is 0.435 e. The summed E-state index contributed by atoms with van der Waals surface area (Å²) in [5.74, 6) is -0.266. The van der Waals surface area contributed by atoms with Crippen LogP contribution in [0.1, 0.15) is 58.3 Å². The van der Waals surface area contributed by atoms with Crippen molar-refractivity contribution < 1.29 is 9.53 Å². The van der Waals surface area contributed by atoms with E-state index in [-0.39, 0.29) is 5.97 Å². The Morgan fingerprint density at radius 1 is 0.944 bits per heavy atom. The van der Waals surface area contributed by atoms with Gasteiger partial charge in [0.15, 0.2) is 0 Å². The summed E-state index contributed by atoms with van der Waals surface area (Å²) in [4.78, 5) is 10.5. The highest BCUT2D eigenvalue weighted by molar-refractivity contribution is 5.66. The van der Waals surface area contributed by atoms with Crippen LogP contribution in [0.4, 0.5) is 0 Å². The third-order valence-corrected chi connectivity index (χ3v) is 2.53. The minimum Gasteiger partial charge on any atom is -0.435 e. The van der Waals surface area contributed by atoms with Crippen LogP contribution in [0, 0.1) is 0 Å². The van der Waals surface area contributed by atoms with E-state index in [4.69, 9.17) is 0 Å². The second-order valence-electron chi connectivity index (χ2n) is 4.31. The van der Waals surface area contributed by atoms with Crippen molar-refractivity contribution in [2.75, 3.05) is 0 Å². The fourth-order valence-corrected chi connectivity index (χ4v) is 1.54. The van der Waals surface area contributed by atoms with Crippen molar-refractivity contribution in [1.29, 1.82) is 0 Å². The fraction of sp³-hybridized carbons (Fsp3) is 0.562. The molecule has 18 heavy (non-hydrogen) atoms. The number of hydrogen-bond acceptors (Lipinski definition) is 2. The van der Waals surface area contributed by atoms with Gasteiger partial charge in [-0.1, -0.05) is 31.1 Å². The van der Waals surface area contributed by atoms with Gasteiger partial charge in [0, 0.05) is 6.92 Å². The van der Waals surface area contributed by atoms with Crippen molar-refractivity contribution in [3.8, 4) is 0 Å². The maximum absolute atomic E-state index is 10.5. The van der Waals surface area contributed by atoms with Gasteiger partial charge in [0.05, 0.1) is 6.26 Å². The highest BCUT2D eigenvalue weighted by atomic mass is 16.5. The molecule has 0 heterocycles. The highest BCUT2D eigenvalue weighted by Crippen LogP contribution is 2.06. The van der Waals surface area contributed by atoms with Crippen molar-refractivity contribution in [2.45, 2.75) is 58.3 Å². The van der Waals surface area contributed by atoms with E-state index in [0.29, 0.717) is 0 Å². The molecule has 0 bridgehead atoms. The van der Waals surface area contributed by atoms with E-state index in [1.165, 1.54) is 45.3 Å². The Kier molecular flexibility index (Phi) is 12.8. The van der Waals surface area contributed by atoms with Crippen LogP contribution < -0.4 is 0 Å². The van der Waals surface area contributed by atoms with Crippen molar-refractivity contribution in [3.63, 3.8) is 0 Å². The first kappa shape index (κ1) is 16.7. The van der Waals surface area contributed by atoms with Gasteiger partial charge >= 0.3 is 5.97 Å². The SMILES string of the molecule is C=CCCCCCC/C=C/CC/C=C/OC(C)=O. The van der Waals surface area contributed by atoms with Gasteiger partial charge in [-0.2, -0.15) is 0 Å². The van der Waals surface area contributed by atoms with Crippen LogP contribution in [-0.2, 0) is 9.53 Å². The van der Waals surface area contributed by atoms with Crippen LogP contribution in [-0.4, -0.2) is 5.97 Å². The third kappa shape index (κ3) is 14.7. The van der Waals surface area contributed by atoms with Gasteiger partial charge in [0.2, 0.25) is 0 Å². The van der Waals surface area contributed by atoms with E-state index in [1.807, 2.05) is 12.2 Å². The molecule has 0 unspecified atom stereocenters. The molecule has 0 rings (SSSR count). The van der Waals surface area contributed by atoms with Gasteiger partial charge in [-0.05, 0) is 44.6 Å². The lowest BCUT2D eigenvalue weighted by atomic mass is 10.1. The molecule has 0 aromatic carbocycles. The molecule has 102 valence electrons. The Labute approximate surface area is 111 Å². The van der Waals surface area contributed by atoms with Crippen LogP contribution in [0.3, 0.4) is 0 Å². The zero-order valence-electron chi connectivity index (χ0n) is 11.6. The average molecular weight is 250 g/mol. The van der Waals surface area contributed by atoms with Crippen LogP contribution in [0.25, 0.3) is 0 Å². The Balaban J connectivity index is 3.20. The van der Waals surface area contributed by atoms with Gasteiger partial charge in [-0.3, -0.25) is 4.79 Å². The predicted octanol–water partition coefficient (Wildman–Crippen LogP) is 4.93. The number of carbonyl (C=O) groups excluding carboxylic acids is 1. The minimum atomic E-state index is -0.266. The van der Waals surface area contributed by atoms with Gasteiger partial charge in [0.1, 0.15) is 0 Å². The van der Waals surface area contributed by atoms with Gasteiger partial charge in [-0.15, -0.1) is 6.58 Å². The lowest BCUT2D eigenvalue weighted by molar-refractivity contribution is -0.135. The second kappa shape index (κ2) is 13.8. The predicted molar refractivity (Wildman–Crippen MR) is 77.2 cm³/mol. The van der Waals surface area contributed by atoms with Gasteiger partial charge in [-0.25, -0.2) is 0 Å². The average Bonchev–Trinajstić information content (AvgIpc) is 2.34. The Morgan fingerprint density at radius 2 is 1.56 bits per heavy atom. The molecular weight excluding hydrogens is 224 g/mol. The van der Waals surface area contributed by atoms with Crippen LogP contribution in [0.5, 0.6) is 0 Å². The van der Waals surface area contributed by atoms with Crippen LogP contribution in [0.2, 0.25) is 0 Å². The summed E-state index contributed by atoms with van der Waals surface area (Å²) in [6.45, 7) is 5.12. The normalized spacial score (nSPS) is 11.2. The second-order valence-corrected chi connectivity index (χ2v) is 4.31. The molecular formula is C16H26O2. The van der Waals surface area contributed by atoms with E-state index in [9.17, 15) is 4.79 Å². The summed E-state index contributed by atoms with van der Waals surface area (Å²) in [6.07, 6.45) is 19.2. The first-order chi connectivity index (χ1) is 8.77. The van der Waals surface area contributed by atoms with E-state index in [2.05, 4.69) is 23.5 Å². The minimum absolute atomic E-state index is 0.266. The molecule has 0 fully saturated rings. The molecule has 0 aliphatic heterocycles. The van der Waals surface area contributed by atoms with E-state index >= 15 is 0 Å². The van der Waals surface area contributed by atoms with Crippen molar-refractivity contribution in [1.82, 2.24) is 0 Å². The number of rotatable bonds is 11. The molecule has 0 radical (unpaired) electrons. The standard InChI is InChI=1S/C16H26O2/c1-3-4-5-6-7-8-9-10-11-12-13-14-15-18-16(2)17/h3,10-11,14-15H,1,4-9,12-13H2,2H3/b11-10+,15-14+. The molecule has 0 atom stereocenters. The van der Waals surface area contributed by atoms with Gasteiger partial charge < -0.3 is 4.74 Å². The molecule has 0 amide bonds. The summed E-state index contributed by atoms with van der Waals surface area (Å²) < 4.78 is 4.68. The number of allylic oxidation sites excluding steroid dienone is 4. The van der Waals surface area contributed by atoms with Crippen LogP contribution in [0.15, 0.2) is 37.1 Å². The highest BCUT2D eigenvalue weighted by Gasteiger charge is 1.87. The monoisotopic (exact) mass is 250 g/mol. The topological polar surface area (TPSA) is 26.3 Å². The molecule has 0 aromatic heterocycles. The van der Waals surface area contributed by atoms with E-state index < -0.39 is 0 Å². The molecule has 0 aliphatic carbocycles. The fourth-order valence-electron chi connectivity index (χ4n) is 1.54. The summed E-state index contributed by atoms with van der Waals surface area (Å²) in [6, 6.07) is 0. The quantitative estimate of drug-likeness (QED) is 0.225. The maximum atomic E-state index is 10.5. The summed E-state index contributed by atoms with van der Waals surface area (Å²) >= 11 is 0. The third-order valence-electron chi connectivity index (χ3n) is 2.53. The first-order valence-corrected chi connectivity index (χ1v) is 6.85. The Bertz CT molecular complexity index is 264. The summed E-state index contributed by atoms with van der Waals surface area (Å²) in [5, 5.41) is 0. The molecule has 2 heteroatoms. The Hall–Kier alpha value is -1.31. The first-order valence-electron chi connectivity index (χ1n) is 6.85. The molecule has 0 N–H and O–H groups in total. The number of hydrogen-bond donors (Lipinski definition) is 0. The molecule has 0 aromatic rings. The smallest absolute Gasteiger partial charge is 0.307 e. The molecule has 2 nitrogen and oxygen atoms in total. The molecule has 0 saturated carbocycles. The number of esters is 1. The number of carbonyl (C=O) groups is 1. The maximum Gasteiger partial charge on any atom is 0.307 e. The van der Waals surface area contributed by atoms with Gasteiger partial charge in [0.25, 0.3) is 0 Å². The number of ether oxygens (including phenoxy) is 1. The zero-order chi connectivity index (χ0) is 13.5. The molecule has 0 spiro atoms. The van der Waals surface area contributed by atoms with Crippen molar-refractivity contribution >= 4 is 5.97 Å². The number of unbranched alkanes of at least 4 members (excludes halogenated alkanes) is 6. The summed E-state index contributed by atoms with van der Waals surface area (Å²) in [5.41, 5.74) is 0. The zero-order valence-corrected chi connectivity index (χ0v) is 11.6. The van der Waals surface area contributed by atoms with E-state index in [1.54, 1.807) is 0 Å². The lowest BCUT2D eigenvalue weighted by Crippen LogP contribution is -1.88. The molecule has 0 saturated heterocycles. The lowest BCUT2D eigenvalue weighted by Gasteiger charge is -1.96. The Morgan fingerprint density at radius 3 is 2.22 bits per heavy atom. The van der Waals surface area contributed by atoms with Crippen molar-refractivity contribution in [3.05, 3.63) is 37.1 Å². The van der Waals surface area contributed by atoms with E-state index in [0.717, 1.165) is 19.3 Å².